The smallest absolute Gasteiger partial charge is 0.327 e. The van der Waals surface area contributed by atoms with Crippen LogP contribution in [0.3, 0.4) is 0 Å². The van der Waals surface area contributed by atoms with Crippen LogP contribution in [0.25, 0.3) is 0 Å². The molecule has 0 saturated heterocycles. The van der Waals surface area contributed by atoms with Crippen LogP contribution in [0.5, 0.6) is 0 Å². The van der Waals surface area contributed by atoms with Crippen LogP contribution in [0.1, 0.15) is 27.7 Å². The number of carboxylic acids is 1. The van der Waals surface area contributed by atoms with Gasteiger partial charge in [0, 0.05) is 0 Å². The maximum Gasteiger partial charge on any atom is 0.327 e. The number of hydrogen-bond donors (Lipinski definition) is 1. The molecule has 0 heterocycles. The van der Waals surface area contributed by atoms with E-state index in [1.807, 2.05) is 0 Å². The Balaban J connectivity index is 4.57. The largest absolute Gasteiger partial charge is 0.480 e. The Morgan fingerprint density at radius 1 is 1.50 bits per heavy atom. The maximum absolute atomic E-state index is 10.5. The molecule has 0 aromatic heterocycles. The second-order valence-electron chi connectivity index (χ2n) is 3.61. The zero-order valence-electron chi connectivity index (χ0n) is 7.74. The third-order valence-corrected chi connectivity index (χ3v) is 1.50. The van der Waals surface area contributed by atoms with E-state index in [1.54, 1.807) is 20.8 Å². The Bertz CT molecular complexity index is 186. The van der Waals surface area contributed by atoms with Crippen molar-refractivity contribution in [2.24, 2.45) is 5.29 Å². The van der Waals surface area contributed by atoms with E-state index in [0.717, 1.165) is 5.01 Å². The summed E-state index contributed by atoms with van der Waals surface area (Å²) in [4.78, 5) is 20.8. The van der Waals surface area contributed by atoms with Crippen molar-refractivity contribution < 1.29 is 9.90 Å². The van der Waals surface area contributed by atoms with E-state index in [2.05, 4.69) is 5.29 Å². The van der Waals surface area contributed by atoms with Crippen LogP contribution in [0.15, 0.2) is 5.29 Å². The highest BCUT2D eigenvalue weighted by Gasteiger charge is 2.30. The van der Waals surface area contributed by atoms with E-state index in [0.29, 0.717) is 0 Å². The first-order valence-corrected chi connectivity index (χ1v) is 3.66. The summed E-state index contributed by atoms with van der Waals surface area (Å²) < 4.78 is 0. The Labute approximate surface area is 71.3 Å². The van der Waals surface area contributed by atoms with Crippen molar-refractivity contribution in [2.75, 3.05) is 0 Å². The second-order valence-corrected chi connectivity index (χ2v) is 3.61. The predicted octanol–water partition coefficient (Wildman–Crippen LogP) is 1.24. The van der Waals surface area contributed by atoms with Crippen LogP contribution in [-0.4, -0.2) is 27.7 Å². The van der Waals surface area contributed by atoms with Crippen molar-refractivity contribution in [1.29, 1.82) is 0 Å². The molecule has 0 saturated carbocycles. The van der Waals surface area contributed by atoms with Crippen molar-refractivity contribution in [1.82, 2.24) is 5.01 Å². The van der Waals surface area contributed by atoms with Gasteiger partial charge in [0.25, 0.3) is 0 Å². The van der Waals surface area contributed by atoms with Crippen LogP contribution in [0.4, 0.5) is 0 Å². The highest BCUT2D eigenvalue weighted by atomic mass is 16.4. The molecule has 1 unspecified atom stereocenters. The van der Waals surface area contributed by atoms with Gasteiger partial charge in [-0.25, -0.2) is 9.80 Å². The molecule has 1 N–H and O–H groups in total. The molecular formula is C7H14N2O3. The standard InChI is InChI=1S/C7H14N2O3/c1-5(6(10)11)9(8-12)7(2,3)4/h5H,1-4H3,(H,10,11). The van der Waals surface area contributed by atoms with Gasteiger partial charge in [0.05, 0.1) is 10.8 Å². The molecule has 5 heteroatoms. The molecule has 0 aromatic rings. The summed E-state index contributed by atoms with van der Waals surface area (Å²) in [6.07, 6.45) is 0. The van der Waals surface area contributed by atoms with Gasteiger partial charge >= 0.3 is 5.97 Å². The number of hydrogen-bond acceptors (Lipinski definition) is 3. The van der Waals surface area contributed by atoms with E-state index >= 15 is 0 Å². The van der Waals surface area contributed by atoms with Crippen molar-refractivity contribution in [3.05, 3.63) is 4.91 Å². The first-order chi connectivity index (χ1) is 5.30. The summed E-state index contributed by atoms with van der Waals surface area (Å²) in [5.41, 5.74) is -0.556. The molecule has 0 radical (unpaired) electrons. The molecule has 5 nitrogen and oxygen atoms in total. The van der Waals surface area contributed by atoms with Gasteiger partial charge in [-0.1, -0.05) is 0 Å². The number of rotatable bonds is 3. The molecule has 0 fully saturated rings. The molecule has 0 aliphatic heterocycles. The van der Waals surface area contributed by atoms with Crippen molar-refractivity contribution in [3.63, 3.8) is 0 Å². The fraction of sp³-hybridized carbons (Fsp3) is 0.857. The predicted molar refractivity (Wildman–Crippen MR) is 44.5 cm³/mol. The number of nitroso groups, excluding NO2 is 1. The lowest BCUT2D eigenvalue weighted by Crippen LogP contribution is -2.46. The lowest BCUT2D eigenvalue weighted by molar-refractivity contribution is -0.144. The molecule has 70 valence electrons. The number of carbonyl (C=O) groups is 1. The van der Waals surface area contributed by atoms with Crippen molar-refractivity contribution in [3.8, 4) is 0 Å². The average molecular weight is 174 g/mol. The average Bonchev–Trinajstić information content (AvgIpc) is 1.85. The van der Waals surface area contributed by atoms with E-state index in [4.69, 9.17) is 5.11 Å². The highest BCUT2D eigenvalue weighted by Crippen LogP contribution is 2.16. The zero-order valence-corrected chi connectivity index (χ0v) is 7.74. The Morgan fingerprint density at radius 3 is 2.00 bits per heavy atom. The molecule has 0 rings (SSSR count). The topological polar surface area (TPSA) is 70.0 Å². The van der Waals surface area contributed by atoms with Crippen molar-refractivity contribution >= 4 is 5.97 Å². The van der Waals surface area contributed by atoms with E-state index in [1.165, 1.54) is 6.92 Å². The lowest BCUT2D eigenvalue weighted by Gasteiger charge is -2.32. The van der Waals surface area contributed by atoms with Crippen molar-refractivity contribution in [2.45, 2.75) is 39.3 Å². The first-order valence-electron chi connectivity index (χ1n) is 3.66. The number of nitrogens with zero attached hydrogens (tertiary/aromatic N) is 2. The maximum atomic E-state index is 10.5. The van der Waals surface area contributed by atoms with Gasteiger partial charge in [-0.3, -0.25) is 0 Å². The van der Waals surface area contributed by atoms with Crippen LogP contribution < -0.4 is 0 Å². The zero-order chi connectivity index (χ0) is 9.94. The van der Waals surface area contributed by atoms with Crippen LogP contribution >= 0.6 is 0 Å². The minimum atomic E-state index is -1.05. The van der Waals surface area contributed by atoms with Gasteiger partial charge < -0.3 is 5.11 Å². The lowest BCUT2D eigenvalue weighted by atomic mass is 10.1. The third-order valence-electron chi connectivity index (χ3n) is 1.50. The van der Waals surface area contributed by atoms with E-state index in [9.17, 15) is 9.70 Å². The molecular weight excluding hydrogens is 160 g/mol. The van der Waals surface area contributed by atoms with Crippen LogP contribution in [0.2, 0.25) is 0 Å². The summed E-state index contributed by atoms with van der Waals surface area (Å²) in [5, 5.41) is 12.3. The molecule has 0 bridgehead atoms. The quantitative estimate of drug-likeness (QED) is 0.516. The Kier molecular flexibility index (Phi) is 3.18. The molecule has 0 aliphatic rings. The van der Waals surface area contributed by atoms with E-state index in [-0.39, 0.29) is 0 Å². The molecule has 0 aliphatic carbocycles. The minimum absolute atomic E-state index is 0.556. The summed E-state index contributed by atoms with van der Waals surface area (Å²) >= 11 is 0. The fourth-order valence-corrected chi connectivity index (χ4v) is 0.879. The summed E-state index contributed by atoms with van der Waals surface area (Å²) in [7, 11) is 0. The van der Waals surface area contributed by atoms with Crippen LogP contribution in [0, 0.1) is 4.91 Å². The SMILES string of the molecule is CC(C(=O)O)N(N=O)C(C)(C)C. The minimum Gasteiger partial charge on any atom is -0.480 e. The van der Waals surface area contributed by atoms with Gasteiger partial charge in [0.2, 0.25) is 0 Å². The van der Waals surface area contributed by atoms with Gasteiger partial charge in [-0.2, -0.15) is 0 Å². The molecule has 0 aromatic carbocycles. The van der Waals surface area contributed by atoms with E-state index < -0.39 is 17.6 Å². The number of aliphatic carboxylic acids is 1. The van der Waals surface area contributed by atoms with Gasteiger partial charge in [0.15, 0.2) is 0 Å². The molecule has 0 amide bonds. The van der Waals surface area contributed by atoms with Gasteiger partial charge in [-0.15, -0.1) is 4.91 Å². The second kappa shape index (κ2) is 3.51. The summed E-state index contributed by atoms with van der Waals surface area (Å²) in [5.74, 6) is -1.05. The van der Waals surface area contributed by atoms with Gasteiger partial charge in [-0.05, 0) is 27.7 Å². The normalized spacial score (nSPS) is 13.7. The van der Waals surface area contributed by atoms with Gasteiger partial charge in [0.1, 0.15) is 6.04 Å². The Morgan fingerprint density at radius 2 is 1.92 bits per heavy atom. The van der Waals surface area contributed by atoms with Crippen LogP contribution in [-0.2, 0) is 4.79 Å². The summed E-state index contributed by atoms with van der Waals surface area (Å²) in [6, 6.07) is -0.887. The monoisotopic (exact) mass is 174 g/mol. The highest BCUT2D eigenvalue weighted by molar-refractivity contribution is 5.72. The third kappa shape index (κ3) is 2.48. The fourth-order valence-electron chi connectivity index (χ4n) is 0.879. The molecule has 12 heavy (non-hydrogen) atoms. The molecule has 1 atom stereocenters. The Hall–Kier alpha value is -1.13. The first kappa shape index (κ1) is 10.9. The molecule has 0 spiro atoms. The summed E-state index contributed by atoms with van der Waals surface area (Å²) in [6.45, 7) is 6.62. The number of carboxylic acid groups (broad SMARTS) is 1.